The van der Waals surface area contributed by atoms with E-state index in [0.29, 0.717) is 16.9 Å². The van der Waals surface area contributed by atoms with Gasteiger partial charge in [-0.2, -0.15) is 0 Å². The Hall–Kier alpha value is -4.57. The van der Waals surface area contributed by atoms with Crippen LogP contribution in [0.4, 0.5) is 0 Å². The van der Waals surface area contributed by atoms with Gasteiger partial charge in [0.1, 0.15) is 11.5 Å². The number of benzene rings is 5. The largest absolute Gasteiger partial charge is 0.496 e. The first kappa shape index (κ1) is 22.9. The number of hydrogen-bond donors (Lipinski definition) is 0. The number of carbonyl (C=O) groups excluding carboxylic acids is 1. The molecule has 5 aromatic carbocycles. The lowest BCUT2D eigenvalue weighted by Gasteiger charge is -2.37. The Morgan fingerprint density at radius 3 is 1.97 bits per heavy atom. The lowest BCUT2D eigenvalue weighted by molar-refractivity contribution is 0.0598. The van der Waals surface area contributed by atoms with Crippen molar-refractivity contribution in [1.29, 1.82) is 0 Å². The van der Waals surface area contributed by atoms with Gasteiger partial charge in [0, 0.05) is 27.5 Å². The molecule has 0 radical (unpaired) electrons. The zero-order valence-electron chi connectivity index (χ0n) is 20.9. The van der Waals surface area contributed by atoms with E-state index in [1.165, 1.54) is 7.11 Å². The molecule has 0 bridgehead atoms. The SMILES string of the molecule is COC(=O)c1c2c(c3cc(OC)c4ccccc4c3c1C)OC(c1ccccc1)(c1ccccc1)C=C2. The summed E-state index contributed by atoms with van der Waals surface area (Å²) < 4.78 is 18.2. The van der Waals surface area contributed by atoms with E-state index in [9.17, 15) is 4.79 Å². The van der Waals surface area contributed by atoms with Gasteiger partial charge in [0.15, 0.2) is 5.60 Å². The van der Waals surface area contributed by atoms with Crippen LogP contribution in [-0.2, 0) is 10.3 Å². The van der Waals surface area contributed by atoms with E-state index in [2.05, 4.69) is 30.3 Å². The molecule has 0 atom stereocenters. The van der Waals surface area contributed by atoms with E-state index in [-0.39, 0.29) is 0 Å². The van der Waals surface area contributed by atoms with Crippen LogP contribution in [0.1, 0.15) is 32.6 Å². The molecule has 4 nitrogen and oxygen atoms in total. The summed E-state index contributed by atoms with van der Waals surface area (Å²) >= 11 is 0. The fourth-order valence-corrected chi connectivity index (χ4v) is 5.56. The minimum atomic E-state index is -0.885. The number of fused-ring (bicyclic) bond motifs is 5. The standard InChI is InChI=1S/C33H26O4/c1-21-29-25-17-11-10-16-24(25)28(35-2)20-27(29)31-26(30(21)32(34)36-3)18-19-33(37-31,22-12-6-4-7-13-22)23-14-8-5-9-15-23/h4-20H,1-3H3. The molecule has 0 N–H and O–H groups in total. The quantitative estimate of drug-likeness (QED) is 0.196. The summed E-state index contributed by atoms with van der Waals surface area (Å²) in [5.74, 6) is 0.981. The van der Waals surface area contributed by atoms with Crippen molar-refractivity contribution in [2.75, 3.05) is 14.2 Å². The zero-order chi connectivity index (χ0) is 25.6. The Morgan fingerprint density at radius 1 is 0.784 bits per heavy atom. The average Bonchev–Trinajstić information content (AvgIpc) is 2.97. The number of aryl methyl sites for hydroxylation is 1. The van der Waals surface area contributed by atoms with Crippen LogP contribution in [0.2, 0.25) is 0 Å². The van der Waals surface area contributed by atoms with Crippen LogP contribution in [0.5, 0.6) is 11.5 Å². The van der Waals surface area contributed by atoms with Crippen molar-refractivity contribution in [3.05, 3.63) is 125 Å². The molecule has 0 aromatic heterocycles. The van der Waals surface area contributed by atoms with Crippen LogP contribution < -0.4 is 9.47 Å². The molecule has 0 saturated carbocycles. The predicted molar refractivity (Wildman–Crippen MR) is 147 cm³/mol. The second kappa shape index (κ2) is 8.82. The maximum absolute atomic E-state index is 13.2. The van der Waals surface area contributed by atoms with Crippen LogP contribution in [0.15, 0.2) is 97.1 Å². The fourth-order valence-electron chi connectivity index (χ4n) is 5.56. The lowest BCUT2D eigenvalue weighted by atomic mass is 9.81. The summed E-state index contributed by atoms with van der Waals surface area (Å²) in [6, 6.07) is 30.4. The summed E-state index contributed by atoms with van der Waals surface area (Å²) in [4.78, 5) is 13.2. The first-order valence-corrected chi connectivity index (χ1v) is 12.2. The highest BCUT2D eigenvalue weighted by molar-refractivity contribution is 6.17. The number of methoxy groups -OCH3 is 2. The van der Waals surface area contributed by atoms with Gasteiger partial charge in [0.05, 0.1) is 19.8 Å². The Balaban J connectivity index is 1.76. The third-order valence-electron chi connectivity index (χ3n) is 7.28. The maximum Gasteiger partial charge on any atom is 0.338 e. The monoisotopic (exact) mass is 486 g/mol. The zero-order valence-corrected chi connectivity index (χ0v) is 20.9. The Labute approximate surface area is 215 Å². The van der Waals surface area contributed by atoms with Crippen LogP contribution in [0.25, 0.3) is 27.6 Å². The predicted octanol–water partition coefficient (Wildman–Crippen LogP) is 7.45. The minimum absolute atomic E-state index is 0.393. The number of hydrogen-bond acceptors (Lipinski definition) is 4. The van der Waals surface area contributed by atoms with Gasteiger partial charge in [-0.3, -0.25) is 0 Å². The van der Waals surface area contributed by atoms with Crippen molar-refractivity contribution < 1.29 is 19.0 Å². The lowest BCUT2D eigenvalue weighted by Crippen LogP contribution is -2.34. The van der Waals surface area contributed by atoms with Gasteiger partial charge in [-0.1, -0.05) is 84.9 Å². The molecule has 0 unspecified atom stereocenters. The molecule has 1 aliphatic rings. The Morgan fingerprint density at radius 2 is 1.38 bits per heavy atom. The van der Waals surface area contributed by atoms with Crippen LogP contribution in [-0.4, -0.2) is 20.2 Å². The molecular formula is C33H26O4. The van der Waals surface area contributed by atoms with Gasteiger partial charge in [0.25, 0.3) is 0 Å². The molecular weight excluding hydrogens is 460 g/mol. The highest BCUT2D eigenvalue weighted by Crippen LogP contribution is 2.50. The summed E-state index contributed by atoms with van der Waals surface area (Å²) in [5.41, 5.74) is 3.15. The number of esters is 1. The molecule has 0 spiro atoms. The fraction of sp³-hybridized carbons (Fsp3) is 0.121. The van der Waals surface area contributed by atoms with Gasteiger partial charge in [-0.15, -0.1) is 0 Å². The topological polar surface area (TPSA) is 44.8 Å². The molecule has 37 heavy (non-hydrogen) atoms. The third kappa shape index (κ3) is 3.40. The molecule has 1 heterocycles. The molecule has 4 heteroatoms. The third-order valence-corrected chi connectivity index (χ3v) is 7.28. The van der Waals surface area contributed by atoms with Gasteiger partial charge in [-0.25, -0.2) is 4.79 Å². The second-order valence-corrected chi connectivity index (χ2v) is 9.18. The smallest absolute Gasteiger partial charge is 0.338 e. The van der Waals surface area contributed by atoms with Crippen LogP contribution in [0, 0.1) is 6.92 Å². The van der Waals surface area contributed by atoms with E-state index >= 15 is 0 Å². The first-order chi connectivity index (χ1) is 18.1. The van der Waals surface area contributed by atoms with Gasteiger partial charge in [-0.05, 0) is 41.5 Å². The highest BCUT2D eigenvalue weighted by atomic mass is 16.5. The molecule has 0 fully saturated rings. The van der Waals surface area contributed by atoms with E-state index in [4.69, 9.17) is 14.2 Å². The number of rotatable bonds is 4. The van der Waals surface area contributed by atoms with Crippen molar-refractivity contribution in [3.63, 3.8) is 0 Å². The first-order valence-electron chi connectivity index (χ1n) is 12.2. The second-order valence-electron chi connectivity index (χ2n) is 9.18. The van der Waals surface area contributed by atoms with E-state index in [0.717, 1.165) is 44.0 Å². The van der Waals surface area contributed by atoms with E-state index < -0.39 is 11.6 Å². The van der Waals surface area contributed by atoms with E-state index in [1.54, 1.807) is 7.11 Å². The normalized spacial score (nSPS) is 13.7. The molecule has 0 saturated heterocycles. The molecule has 5 aromatic rings. The Kier molecular flexibility index (Phi) is 5.45. The number of carbonyl (C=O) groups is 1. The molecule has 0 aliphatic carbocycles. The summed E-state index contributed by atoms with van der Waals surface area (Å²) in [6.07, 6.45) is 4.04. The van der Waals surface area contributed by atoms with Crippen molar-refractivity contribution in [2.24, 2.45) is 0 Å². The van der Waals surface area contributed by atoms with Crippen molar-refractivity contribution in [1.82, 2.24) is 0 Å². The van der Waals surface area contributed by atoms with Gasteiger partial charge < -0.3 is 14.2 Å². The molecule has 182 valence electrons. The Bertz CT molecular complexity index is 1650. The highest BCUT2D eigenvalue weighted by Gasteiger charge is 2.39. The number of ether oxygens (including phenoxy) is 3. The van der Waals surface area contributed by atoms with Crippen molar-refractivity contribution in [2.45, 2.75) is 12.5 Å². The summed E-state index contributed by atoms with van der Waals surface area (Å²) in [5, 5.41) is 3.79. The van der Waals surface area contributed by atoms with Crippen molar-refractivity contribution in [3.8, 4) is 11.5 Å². The van der Waals surface area contributed by atoms with Gasteiger partial charge >= 0.3 is 5.97 Å². The van der Waals surface area contributed by atoms with E-state index in [1.807, 2.05) is 79.7 Å². The maximum atomic E-state index is 13.2. The summed E-state index contributed by atoms with van der Waals surface area (Å²) in [6.45, 7) is 1.97. The molecule has 0 amide bonds. The average molecular weight is 487 g/mol. The molecule has 6 rings (SSSR count). The van der Waals surface area contributed by atoms with Crippen LogP contribution >= 0.6 is 0 Å². The van der Waals surface area contributed by atoms with Gasteiger partial charge in [0.2, 0.25) is 0 Å². The van der Waals surface area contributed by atoms with Crippen LogP contribution in [0.3, 0.4) is 0 Å². The van der Waals surface area contributed by atoms with Crippen molar-refractivity contribution >= 4 is 33.6 Å². The molecule has 1 aliphatic heterocycles. The minimum Gasteiger partial charge on any atom is -0.496 e. The summed E-state index contributed by atoms with van der Waals surface area (Å²) in [7, 11) is 3.09.